The fraction of sp³-hybridized carbons (Fsp3) is 0.500. The van der Waals surface area contributed by atoms with Crippen LogP contribution in [-0.4, -0.2) is 59.6 Å². The summed E-state index contributed by atoms with van der Waals surface area (Å²) in [7, 11) is 1.58. The Morgan fingerprint density at radius 2 is 1.74 bits per heavy atom. The van der Waals surface area contributed by atoms with Crippen LogP contribution in [0.15, 0.2) is 48.5 Å². The molecule has 2 rings (SSSR count). The molecular weight excluding hydrogens is 514 g/mol. The minimum atomic E-state index is -0.924. The third-order valence-corrected chi connectivity index (χ3v) is 6.81. The van der Waals surface area contributed by atoms with E-state index < -0.39 is 23.8 Å². The van der Waals surface area contributed by atoms with E-state index in [1.54, 1.807) is 68.8 Å². The Morgan fingerprint density at radius 1 is 1.08 bits per heavy atom. The predicted octanol–water partition coefficient (Wildman–Crippen LogP) is 5.96. The van der Waals surface area contributed by atoms with Crippen molar-refractivity contribution >= 4 is 35.4 Å². The van der Waals surface area contributed by atoms with Gasteiger partial charge in [0.1, 0.15) is 23.4 Å². The van der Waals surface area contributed by atoms with Gasteiger partial charge in [-0.05, 0) is 89.3 Å². The molecule has 0 spiro atoms. The Labute approximate surface area is 237 Å². The van der Waals surface area contributed by atoms with Crippen LogP contribution < -0.4 is 15.4 Å². The number of alkyl carbamates (subject to hydrolysis) is 1. The number of rotatable bonds is 12. The molecule has 39 heavy (non-hydrogen) atoms. The number of nitrogens with one attached hydrogen (secondary N) is 2. The number of aryl methyl sites for hydroxylation is 1. The maximum absolute atomic E-state index is 14.2. The quantitative estimate of drug-likeness (QED) is 0.334. The Morgan fingerprint density at radius 3 is 2.28 bits per heavy atom. The fourth-order valence-electron chi connectivity index (χ4n) is 4.08. The number of ether oxygens (including phenoxy) is 2. The summed E-state index contributed by atoms with van der Waals surface area (Å²) < 4.78 is 10.7. The molecule has 0 radical (unpaired) electrons. The van der Waals surface area contributed by atoms with Gasteiger partial charge in [0.05, 0.1) is 7.11 Å². The lowest BCUT2D eigenvalue weighted by atomic mass is 9.98. The van der Waals surface area contributed by atoms with Gasteiger partial charge in [0, 0.05) is 11.7 Å². The minimum Gasteiger partial charge on any atom is -0.497 e. The van der Waals surface area contributed by atoms with Gasteiger partial charge >= 0.3 is 6.09 Å². The normalized spacial score (nSPS) is 13.5. The van der Waals surface area contributed by atoms with Gasteiger partial charge in [0.25, 0.3) is 5.91 Å². The maximum Gasteiger partial charge on any atom is 0.408 e. The molecule has 0 fully saturated rings. The van der Waals surface area contributed by atoms with Crippen LogP contribution in [0.3, 0.4) is 0 Å². The average molecular weight is 558 g/mol. The summed E-state index contributed by atoms with van der Waals surface area (Å²) in [5, 5.41) is 5.75. The van der Waals surface area contributed by atoms with Crippen molar-refractivity contribution in [2.24, 2.45) is 0 Å². The summed E-state index contributed by atoms with van der Waals surface area (Å²) in [6.07, 6.45) is 2.29. The Hall–Kier alpha value is -3.20. The summed E-state index contributed by atoms with van der Waals surface area (Å²) in [4.78, 5) is 42.5. The maximum atomic E-state index is 14.2. The molecule has 0 saturated heterocycles. The van der Waals surface area contributed by atoms with Crippen LogP contribution in [0.1, 0.15) is 64.6 Å². The second-order valence-corrected chi connectivity index (χ2v) is 11.5. The largest absolute Gasteiger partial charge is 0.497 e. The zero-order chi connectivity index (χ0) is 29.2. The highest BCUT2D eigenvalue weighted by atomic mass is 32.2. The van der Waals surface area contributed by atoms with E-state index in [1.807, 2.05) is 51.3 Å². The zero-order valence-electron chi connectivity index (χ0n) is 24.4. The van der Waals surface area contributed by atoms with Gasteiger partial charge in [-0.3, -0.25) is 9.59 Å². The van der Waals surface area contributed by atoms with Crippen molar-refractivity contribution in [1.82, 2.24) is 10.2 Å². The van der Waals surface area contributed by atoms with Crippen molar-refractivity contribution in [3.05, 3.63) is 59.7 Å². The van der Waals surface area contributed by atoms with Gasteiger partial charge < -0.3 is 25.0 Å². The topological polar surface area (TPSA) is 97.0 Å². The first-order valence-corrected chi connectivity index (χ1v) is 14.6. The summed E-state index contributed by atoms with van der Waals surface area (Å²) in [5.41, 5.74) is 1.53. The molecule has 214 valence electrons. The van der Waals surface area contributed by atoms with E-state index in [1.165, 1.54) is 0 Å². The molecule has 0 aliphatic rings. The molecule has 2 aromatic rings. The van der Waals surface area contributed by atoms with E-state index in [4.69, 9.17) is 9.47 Å². The molecule has 2 aromatic carbocycles. The second-order valence-electron chi connectivity index (χ2n) is 10.5. The van der Waals surface area contributed by atoms with E-state index >= 15 is 0 Å². The van der Waals surface area contributed by atoms with Crippen LogP contribution in [0.2, 0.25) is 0 Å². The van der Waals surface area contributed by atoms with E-state index in [0.29, 0.717) is 35.6 Å². The molecule has 0 aliphatic carbocycles. The van der Waals surface area contributed by atoms with E-state index in [9.17, 15) is 14.4 Å². The Balaban J connectivity index is 2.53. The van der Waals surface area contributed by atoms with Crippen LogP contribution >= 0.6 is 11.8 Å². The van der Waals surface area contributed by atoms with E-state index in [2.05, 4.69) is 10.6 Å². The third-order valence-electron chi connectivity index (χ3n) is 6.16. The number of carbonyl (C=O) groups is 3. The van der Waals surface area contributed by atoms with Gasteiger partial charge in [-0.15, -0.1) is 0 Å². The monoisotopic (exact) mass is 557 g/mol. The van der Waals surface area contributed by atoms with Crippen molar-refractivity contribution in [3.63, 3.8) is 0 Å². The average Bonchev–Trinajstić information content (AvgIpc) is 2.88. The molecule has 0 bridgehead atoms. The first kappa shape index (κ1) is 32.0. The minimum absolute atomic E-state index is 0.290. The molecule has 9 heteroatoms. The van der Waals surface area contributed by atoms with Gasteiger partial charge in [-0.25, -0.2) is 4.79 Å². The number of thioether (sulfide) groups is 1. The summed E-state index contributed by atoms with van der Waals surface area (Å²) >= 11 is 1.58. The van der Waals surface area contributed by atoms with Crippen molar-refractivity contribution in [3.8, 4) is 5.75 Å². The van der Waals surface area contributed by atoms with Gasteiger partial charge in [-0.1, -0.05) is 36.8 Å². The van der Waals surface area contributed by atoms with Crippen LogP contribution in [0, 0.1) is 6.92 Å². The van der Waals surface area contributed by atoms with Gasteiger partial charge in [0.15, 0.2) is 0 Å². The summed E-state index contributed by atoms with van der Waals surface area (Å²) in [6, 6.07) is 12.6. The molecule has 0 aromatic heterocycles. The van der Waals surface area contributed by atoms with Crippen LogP contribution in [0.5, 0.6) is 5.75 Å². The highest BCUT2D eigenvalue weighted by Crippen LogP contribution is 2.29. The van der Waals surface area contributed by atoms with Crippen molar-refractivity contribution in [1.29, 1.82) is 0 Å². The number of anilines is 1. The molecule has 3 atom stereocenters. The lowest BCUT2D eigenvalue weighted by Crippen LogP contribution is -2.55. The summed E-state index contributed by atoms with van der Waals surface area (Å²) in [6.45, 7) is 11.1. The highest BCUT2D eigenvalue weighted by Gasteiger charge is 2.38. The first-order chi connectivity index (χ1) is 18.4. The Bertz CT molecular complexity index is 1100. The predicted molar refractivity (Wildman–Crippen MR) is 158 cm³/mol. The van der Waals surface area contributed by atoms with E-state index in [-0.39, 0.29) is 17.9 Å². The molecule has 0 aliphatic heterocycles. The number of amides is 3. The smallest absolute Gasteiger partial charge is 0.408 e. The van der Waals surface area contributed by atoms with E-state index in [0.717, 1.165) is 5.56 Å². The lowest BCUT2D eigenvalue weighted by Gasteiger charge is -2.38. The number of hydrogen-bond acceptors (Lipinski definition) is 6. The highest BCUT2D eigenvalue weighted by molar-refractivity contribution is 7.98. The molecule has 2 N–H and O–H groups in total. The SMILES string of the molecule is CCC(C)N(C(=O)C(CCSC)NC(=O)OC(C)(C)C)C(C(=O)Nc1ccc(OC)cc1)c1cccc(C)c1. The number of methoxy groups -OCH3 is 1. The number of hydrogen-bond donors (Lipinski definition) is 2. The van der Waals surface area contributed by atoms with Crippen molar-refractivity contribution < 1.29 is 23.9 Å². The lowest BCUT2D eigenvalue weighted by molar-refractivity contribution is -0.143. The second kappa shape index (κ2) is 14.8. The molecule has 3 unspecified atom stereocenters. The standard InChI is InChI=1S/C30H43N3O5S/c1-9-21(3)33(28(35)25(17-18-39-8)32-29(36)38-30(4,5)6)26(22-12-10-11-20(2)19-22)27(34)31-23-13-15-24(37-7)16-14-23/h10-16,19,21,25-26H,9,17-18H2,1-8H3,(H,31,34)(H,32,36). The molecule has 0 heterocycles. The van der Waals surface area contributed by atoms with Crippen LogP contribution in [-0.2, 0) is 14.3 Å². The van der Waals surface area contributed by atoms with Crippen molar-refractivity contribution in [2.75, 3.05) is 24.4 Å². The summed E-state index contributed by atoms with van der Waals surface area (Å²) in [5.74, 6) is 0.638. The Kier molecular flexibility index (Phi) is 12.2. The number of benzene rings is 2. The molecule has 3 amide bonds. The fourth-order valence-corrected chi connectivity index (χ4v) is 4.55. The van der Waals surface area contributed by atoms with Crippen LogP contribution in [0.25, 0.3) is 0 Å². The molecule has 8 nitrogen and oxygen atoms in total. The molecular formula is C30H43N3O5S. The van der Waals surface area contributed by atoms with Crippen LogP contribution in [0.4, 0.5) is 10.5 Å². The number of carbonyl (C=O) groups excluding carboxylic acids is 3. The van der Waals surface area contributed by atoms with Crippen molar-refractivity contribution in [2.45, 2.75) is 78.1 Å². The van der Waals surface area contributed by atoms with Gasteiger partial charge in [0.2, 0.25) is 5.91 Å². The number of nitrogens with zero attached hydrogens (tertiary/aromatic N) is 1. The third kappa shape index (κ3) is 9.80. The first-order valence-electron chi connectivity index (χ1n) is 13.2. The zero-order valence-corrected chi connectivity index (χ0v) is 25.2. The van der Waals surface area contributed by atoms with Gasteiger partial charge in [-0.2, -0.15) is 11.8 Å². The molecule has 0 saturated carbocycles.